The van der Waals surface area contributed by atoms with Crippen LogP contribution in [0.15, 0.2) is 36.9 Å². The lowest BCUT2D eigenvalue weighted by molar-refractivity contribution is -0.149. The van der Waals surface area contributed by atoms with Crippen LogP contribution < -0.4 is 9.80 Å². The topological polar surface area (TPSA) is 101 Å². The van der Waals surface area contributed by atoms with Crippen molar-refractivity contribution in [3.8, 4) is 0 Å². The van der Waals surface area contributed by atoms with E-state index in [9.17, 15) is 24.6 Å². The number of benzene rings is 1. The number of nitrogens with zero attached hydrogens (tertiary/aromatic N) is 3. The Bertz CT molecular complexity index is 1060. The number of carboxylic acid groups (broad SMARTS) is 1. The maximum absolute atomic E-state index is 14.6. The third-order valence-electron chi connectivity index (χ3n) is 8.97. The zero-order valence-electron chi connectivity index (χ0n) is 22.9. The number of aliphatic carboxylic acids is 1. The molecule has 8 nitrogen and oxygen atoms in total. The van der Waals surface area contributed by atoms with Crippen molar-refractivity contribution in [2.45, 2.75) is 69.0 Å². The second-order valence-electron chi connectivity index (χ2n) is 10.7. The van der Waals surface area contributed by atoms with Crippen molar-refractivity contribution in [2.75, 3.05) is 36.0 Å². The van der Waals surface area contributed by atoms with E-state index in [0.29, 0.717) is 18.5 Å². The standard InChI is InChI=1S/C29H41N3O5S/c1-6-16-31(20-12-10-19(11-13-20)30(8-3)9-4)27(35)25-29-15-14-22(38-29)23(28(36)37)24(29)26(34)32(25)21(17-33)18(5)7-2/h6,10-13,18,21-25,33H,1,7-9,14-17H2,2-5H3,(H,36,37)/t18-,21-,22+,23-,24-,25?,29?/m0/s1. The van der Waals surface area contributed by atoms with Crippen LogP contribution in [-0.4, -0.2) is 81.2 Å². The van der Waals surface area contributed by atoms with Gasteiger partial charge in [-0.25, -0.2) is 0 Å². The summed E-state index contributed by atoms with van der Waals surface area (Å²) in [6, 6.07) is 6.41. The molecule has 3 fully saturated rings. The second kappa shape index (κ2) is 11.3. The molecule has 0 radical (unpaired) electrons. The van der Waals surface area contributed by atoms with Gasteiger partial charge in [0.2, 0.25) is 5.91 Å². The van der Waals surface area contributed by atoms with Crippen molar-refractivity contribution in [1.29, 1.82) is 0 Å². The summed E-state index contributed by atoms with van der Waals surface area (Å²) in [6.45, 7) is 13.7. The SMILES string of the molecule is C=CCN(C(=O)C1N([C@@H](CO)[C@@H](C)CC)C(=O)[C@@H]2[C@@H](C(=O)O)[C@H]3CCC12S3)c1ccc(N(CC)CC)cc1. The molecule has 3 aliphatic rings. The van der Waals surface area contributed by atoms with Gasteiger partial charge < -0.3 is 24.9 Å². The monoisotopic (exact) mass is 543 g/mol. The van der Waals surface area contributed by atoms with E-state index in [0.717, 1.165) is 25.2 Å². The number of hydrogen-bond donors (Lipinski definition) is 2. The van der Waals surface area contributed by atoms with Crippen molar-refractivity contribution < 1.29 is 24.6 Å². The average Bonchev–Trinajstić information content (AvgIpc) is 3.56. The molecule has 1 aromatic rings. The summed E-state index contributed by atoms with van der Waals surface area (Å²) in [4.78, 5) is 46.5. The summed E-state index contributed by atoms with van der Waals surface area (Å²) in [5, 5.41) is 20.3. The number of carboxylic acids is 1. The maximum atomic E-state index is 14.6. The van der Waals surface area contributed by atoms with Gasteiger partial charge in [-0.1, -0.05) is 26.3 Å². The van der Waals surface area contributed by atoms with Crippen LogP contribution in [0, 0.1) is 17.8 Å². The van der Waals surface area contributed by atoms with Crippen molar-refractivity contribution in [1.82, 2.24) is 4.90 Å². The van der Waals surface area contributed by atoms with Crippen LogP contribution in [0.5, 0.6) is 0 Å². The summed E-state index contributed by atoms with van der Waals surface area (Å²) in [7, 11) is 0. The Morgan fingerprint density at radius 2 is 1.84 bits per heavy atom. The minimum atomic E-state index is -0.977. The van der Waals surface area contributed by atoms with E-state index in [-0.39, 0.29) is 36.1 Å². The van der Waals surface area contributed by atoms with Gasteiger partial charge >= 0.3 is 5.97 Å². The number of aliphatic hydroxyl groups excluding tert-OH is 1. The molecule has 2 amide bonds. The third-order valence-corrected chi connectivity index (χ3v) is 10.9. The molecular weight excluding hydrogens is 502 g/mol. The molecule has 208 valence electrons. The fourth-order valence-electron chi connectivity index (χ4n) is 6.86. The summed E-state index contributed by atoms with van der Waals surface area (Å²) in [5.41, 5.74) is 1.77. The number of amides is 2. The van der Waals surface area contributed by atoms with Crippen LogP contribution in [-0.2, 0) is 14.4 Å². The molecule has 7 atom stereocenters. The number of rotatable bonds is 12. The van der Waals surface area contributed by atoms with Gasteiger partial charge in [0, 0.05) is 36.3 Å². The van der Waals surface area contributed by atoms with Gasteiger partial charge in [0.15, 0.2) is 0 Å². The van der Waals surface area contributed by atoms with Gasteiger partial charge in [-0.15, -0.1) is 18.3 Å². The van der Waals surface area contributed by atoms with Crippen LogP contribution in [0.3, 0.4) is 0 Å². The lowest BCUT2D eigenvalue weighted by atomic mass is 9.71. The molecule has 2 N–H and O–H groups in total. The summed E-state index contributed by atoms with van der Waals surface area (Å²) >= 11 is 1.52. The van der Waals surface area contributed by atoms with Crippen molar-refractivity contribution in [3.05, 3.63) is 36.9 Å². The normalized spacial score (nSPS) is 29.2. The van der Waals surface area contributed by atoms with Crippen molar-refractivity contribution in [2.24, 2.45) is 17.8 Å². The first-order chi connectivity index (χ1) is 18.2. The molecule has 3 heterocycles. The number of hydrogen-bond acceptors (Lipinski definition) is 6. The second-order valence-corrected chi connectivity index (χ2v) is 12.3. The van der Waals surface area contributed by atoms with E-state index < -0.39 is 34.6 Å². The van der Waals surface area contributed by atoms with Crippen LogP contribution in [0.1, 0.15) is 47.0 Å². The van der Waals surface area contributed by atoms with Gasteiger partial charge in [-0.2, -0.15) is 0 Å². The maximum Gasteiger partial charge on any atom is 0.308 e. The van der Waals surface area contributed by atoms with E-state index in [1.807, 2.05) is 38.1 Å². The number of likely N-dealkylation sites (tertiary alicyclic amines) is 1. The first kappa shape index (κ1) is 28.5. The largest absolute Gasteiger partial charge is 0.481 e. The minimum Gasteiger partial charge on any atom is -0.481 e. The smallest absolute Gasteiger partial charge is 0.308 e. The molecule has 0 saturated carbocycles. The lowest BCUT2D eigenvalue weighted by Crippen LogP contribution is -2.58. The van der Waals surface area contributed by atoms with E-state index >= 15 is 0 Å². The molecule has 3 saturated heterocycles. The van der Waals surface area contributed by atoms with Crippen LogP contribution >= 0.6 is 11.8 Å². The van der Waals surface area contributed by atoms with Gasteiger partial charge in [0.05, 0.1) is 29.2 Å². The fraction of sp³-hybridized carbons (Fsp3) is 0.621. The molecule has 1 aromatic carbocycles. The van der Waals surface area contributed by atoms with Gasteiger partial charge in [0.25, 0.3) is 5.91 Å². The summed E-state index contributed by atoms with van der Waals surface area (Å²) in [5.74, 6) is -3.17. The number of carbonyl (C=O) groups excluding carboxylic acids is 2. The number of fused-ring (bicyclic) bond motifs is 1. The fourth-order valence-corrected chi connectivity index (χ4v) is 9.05. The Hall–Kier alpha value is -2.52. The number of thioether (sulfide) groups is 1. The van der Waals surface area contributed by atoms with Crippen LogP contribution in [0.25, 0.3) is 0 Å². The molecule has 4 rings (SSSR count). The minimum absolute atomic E-state index is 0.0545. The van der Waals surface area contributed by atoms with E-state index in [1.165, 1.54) is 11.8 Å². The van der Waals surface area contributed by atoms with E-state index in [2.05, 4.69) is 25.3 Å². The van der Waals surface area contributed by atoms with Crippen molar-refractivity contribution in [3.63, 3.8) is 0 Å². The molecule has 2 bridgehead atoms. The Kier molecular flexibility index (Phi) is 8.47. The highest BCUT2D eigenvalue weighted by molar-refractivity contribution is 8.02. The van der Waals surface area contributed by atoms with Gasteiger partial charge in [-0.05, 0) is 56.9 Å². The number of anilines is 2. The Balaban J connectivity index is 1.79. The molecule has 38 heavy (non-hydrogen) atoms. The molecule has 0 aromatic heterocycles. The average molecular weight is 544 g/mol. The molecule has 1 spiro atoms. The highest BCUT2D eigenvalue weighted by Crippen LogP contribution is 2.67. The zero-order valence-corrected chi connectivity index (χ0v) is 23.7. The summed E-state index contributed by atoms with van der Waals surface area (Å²) in [6.07, 6.45) is 3.66. The van der Waals surface area contributed by atoms with E-state index in [4.69, 9.17) is 0 Å². The number of carbonyl (C=O) groups is 3. The molecular formula is C29H41N3O5S. The predicted octanol–water partition coefficient (Wildman–Crippen LogP) is 3.63. The van der Waals surface area contributed by atoms with Gasteiger partial charge in [-0.3, -0.25) is 14.4 Å². The summed E-state index contributed by atoms with van der Waals surface area (Å²) < 4.78 is -0.816. The molecule has 3 aliphatic heterocycles. The van der Waals surface area contributed by atoms with Crippen molar-refractivity contribution >= 4 is 40.9 Å². The highest BCUT2D eigenvalue weighted by atomic mass is 32.2. The number of aliphatic hydroxyl groups is 1. The Morgan fingerprint density at radius 3 is 2.37 bits per heavy atom. The predicted molar refractivity (Wildman–Crippen MR) is 151 cm³/mol. The molecule has 9 heteroatoms. The first-order valence-electron chi connectivity index (χ1n) is 13.8. The Labute approximate surface area is 230 Å². The zero-order chi connectivity index (χ0) is 27.8. The third kappa shape index (κ3) is 4.41. The lowest BCUT2D eigenvalue weighted by Gasteiger charge is -2.41. The van der Waals surface area contributed by atoms with Gasteiger partial charge in [0.1, 0.15) is 6.04 Å². The van der Waals surface area contributed by atoms with Crippen LogP contribution in [0.4, 0.5) is 11.4 Å². The first-order valence-corrected chi connectivity index (χ1v) is 14.7. The Morgan fingerprint density at radius 1 is 1.21 bits per heavy atom. The quantitative estimate of drug-likeness (QED) is 0.388. The highest BCUT2D eigenvalue weighted by Gasteiger charge is 2.74. The molecule has 0 aliphatic carbocycles. The van der Waals surface area contributed by atoms with E-state index in [1.54, 1.807) is 15.9 Å². The van der Waals surface area contributed by atoms with Crippen LogP contribution in [0.2, 0.25) is 0 Å². The molecule has 2 unspecified atom stereocenters.